The normalized spacial score (nSPS) is 21.4. The lowest BCUT2D eigenvalue weighted by molar-refractivity contribution is -0.138. The largest absolute Gasteiger partial charge is 0.481 e. The van der Waals surface area contributed by atoms with Crippen molar-refractivity contribution < 1.29 is 9.90 Å². The van der Waals surface area contributed by atoms with Gasteiger partial charge < -0.3 is 5.11 Å². The van der Waals surface area contributed by atoms with Crippen LogP contribution in [0.5, 0.6) is 0 Å². The number of aryl methyl sites for hydroxylation is 1. The van der Waals surface area contributed by atoms with Crippen LogP contribution in [-0.4, -0.2) is 38.3 Å². The van der Waals surface area contributed by atoms with E-state index in [9.17, 15) is 4.79 Å². The van der Waals surface area contributed by atoms with Gasteiger partial charge in [-0.25, -0.2) is 0 Å². The number of aromatic nitrogens is 2. The molecule has 1 fully saturated rings. The molecule has 1 aliphatic rings. The maximum absolute atomic E-state index is 10.7. The SMILES string of the molecule is Cn1nccc1CN1CCCC1CC(=O)O. The van der Waals surface area contributed by atoms with E-state index in [0.29, 0.717) is 0 Å². The van der Waals surface area contributed by atoms with E-state index in [0.717, 1.165) is 31.6 Å². The molecule has 1 aromatic rings. The summed E-state index contributed by atoms with van der Waals surface area (Å²) < 4.78 is 1.84. The third-order valence-electron chi connectivity index (χ3n) is 3.20. The number of carboxylic acids is 1. The van der Waals surface area contributed by atoms with Crippen LogP contribution in [0.15, 0.2) is 12.3 Å². The molecule has 0 saturated carbocycles. The molecule has 0 aromatic carbocycles. The van der Waals surface area contributed by atoms with Gasteiger partial charge in [-0.3, -0.25) is 14.4 Å². The first-order valence-electron chi connectivity index (χ1n) is 5.59. The quantitative estimate of drug-likeness (QED) is 0.822. The molecular weight excluding hydrogens is 206 g/mol. The molecule has 1 atom stereocenters. The van der Waals surface area contributed by atoms with Crippen molar-refractivity contribution >= 4 is 5.97 Å². The average Bonchev–Trinajstić information content (AvgIpc) is 2.78. The highest BCUT2D eigenvalue weighted by molar-refractivity contribution is 5.67. The summed E-state index contributed by atoms with van der Waals surface area (Å²) in [5.41, 5.74) is 1.14. The van der Waals surface area contributed by atoms with E-state index in [-0.39, 0.29) is 12.5 Å². The van der Waals surface area contributed by atoms with Crippen molar-refractivity contribution in [1.82, 2.24) is 14.7 Å². The Balaban J connectivity index is 1.98. The van der Waals surface area contributed by atoms with Gasteiger partial charge in [-0.05, 0) is 25.5 Å². The lowest BCUT2D eigenvalue weighted by Crippen LogP contribution is -2.31. The second-order valence-corrected chi connectivity index (χ2v) is 4.31. The van der Waals surface area contributed by atoms with Gasteiger partial charge in [0.25, 0.3) is 0 Å². The van der Waals surface area contributed by atoms with Gasteiger partial charge in [0.15, 0.2) is 0 Å². The predicted octanol–water partition coefficient (Wildman–Crippen LogP) is 0.859. The van der Waals surface area contributed by atoms with Gasteiger partial charge in [-0.1, -0.05) is 0 Å². The minimum atomic E-state index is -0.707. The molecular formula is C11H17N3O2. The second kappa shape index (κ2) is 4.65. The monoisotopic (exact) mass is 223 g/mol. The standard InChI is InChI=1S/C11H17N3O2/c1-13-10(4-5-12-13)8-14-6-2-3-9(14)7-11(15)16/h4-5,9H,2-3,6-8H2,1H3,(H,15,16). The Morgan fingerprint density at radius 1 is 1.69 bits per heavy atom. The molecule has 0 aliphatic carbocycles. The van der Waals surface area contributed by atoms with Gasteiger partial charge >= 0.3 is 5.97 Å². The third kappa shape index (κ3) is 2.41. The molecule has 1 aliphatic heterocycles. The van der Waals surface area contributed by atoms with Crippen molar-refractivity contribution in [3.63, 3.8) is 0 Å². The Morgan fingerprint density at radius 2 is 2.50 bits per heavy atom. The number of carboxylic acid groups (broad SMARTS) is 1. The van der Waals surface area contributed by atoms with E-state index < -0.39 is 5.97 Å². The number of rotatable bonds is 4. The van der Waals surface area contributed by atoms with Crippen LogP contribution in [0.1, 0.15) is 25.0 Å². The smallest absolute Gasteiger partial charge is 0.304 e. The Morgan fingerprint density at radius 3 is 3.12 bits per heavy atom. The van der Waals surface area contributed by atoms with Crippen LogP contribution in [0.2, 0.25) is 0 Å². The highest BCUT2D eigenvalue weighted by Gasteiger charge is 2.26. The van der Waals surface area contributed by atoms with Gasteiger partial charge in [0, 0.05) is 25.8 Å². The fraction of sp³-hybridized carbons (Fsp3) is 0.636. The Labute approximate surface area is 94.7 Å². The van der Waals surface area contributed by atoms with Gasteiger partial charge in [0.05, 0.1) is 12.1 Å². The summed E-state index contributed by atoms with van der Waals surface area (Å²) in [5, 5.41) is 12.9. The van der Waals surface area contributed by atoms with Crippen LogP contribution in [0.3, 0.4) is 0 Å². The van der Waals surface area contributed by atoms with Crippen LogP contribution in [0.25, 0.3) is 0 Å². The molecule has 0 radical (unpaired) electrons. The molecule has 2 rings (SSSR count). The first kappa shape index (κ1) is 11.1. The van der Waals surface area contributed by atoms with Crippen LogP contribution in [0.4, 0.5) is 0 Å². The minimum Gasteiger partial charge on any atom is -0.481 e. The van der Waals surface area contributed by atoms with Crippen molar-refractivity contribution in [2.75, 3.05) is 6.54 Å². The number of carbonyl (C=O) groups is 1. The van der Waals surface area contributed by atoms with Gasteiger partial charge in [0.2, 0.25) is 0 Å². The fourth-order valence-electron chi connectivity index (χ4n) is 2.30. The molecule has 2 heterocycles. The molecule has 1 saturated heterocycles. The van der Waals surface area contributed by atoms with Crippen molar-refractivity contribution in [3.8, 4) is 0 Å². The molecule has 0 spiro atoms. The summed E-state index contributed by atoms with van der Waals surface area (Å²) in [7, 11) is 1.91. The third-order valence-corrected chi connectivity index (χ3v) is 3.20. The molecule has 5 nitrogen and oxygen atoms in total. The minimum absolute atomic E-state index is 0.187. The van der Waals surface area contributed by atoms with E-state index in [1.807, 2.05) is 17.8 Å². The topological polar surface area (TPSA) is 58.4 Å². The lowest BCUT2D eigenvalue weighted by atomic mass is 10.1. The first-order chi connectivity index (χ1) is 7.66. The molecule has 1 unspecified atom stereocenters. The van der Waals surface area contributed by atoms with Crippen molar-refractivity contribution in [3.05, 3.63) is 18.0 Å². The fourth-order valence-corrected chi connectivity index (χ4v) is 2.30. The van der Waals surface area contributed by atoms with E-state index in [1.54, 1.807) is 6.20 Å². The van der Waals surface area contributed by atoms with Gasteiger partial charge in [-0.2, -0.15) is 5.10 Å². The lowest BCUT2D eigenvalue weighted by Gasteiger charge is -2.22. The molecule has 1 aromatic heterocycles. The molecule has 16 heavy (non-hydrogen) atoms. The zero-order chi connectivity index (χ0) is 11.5. The van der Waals surface area contributed by atoms with E-state index in [1.165, 1.54) is 0 Å². The Kier molecular flexibility index (Phi) is 3.24. The van der Waals surface area contributed by atoms with Crippen LogP contribution >= 0.6 is 0 Å². The summed E-state index contributed by atoms with van der Waals surface area (Å²) in [6, 6.07) is 2.17. The Hall–Kier alpha value is -1.36. The van der Waals surface area contributed by atoms with Crippen LogP contribution in [-0.2, 0) is 18.4 Å². The molecule has 1 N–H and O–H groups in total. The average molecular weight is 223 g/mol. The zero-order valence-electron chi connectivity index (χ0n) is 9.46. The predicted molar refractivity (Wildman–Crippen MR) is 58.9 cm³/mol. The highest BCUT2D eigenvalue weighted by atomic mass is 16.4. The van der Waals surface area contributed by atoms with E-state index in [2.05, 4.69) is 10.00 Å². The maximum atomic E-state index is 10.7. The molecule has 0 bridgehead atoms. The second-order valence-electron chi connectivity index (χ2n) is 4.31. The summed E-state index contributed by atoms with van der Waals surface area (Å²) in [5.74, 6) is -0.707. The van der Waals surface area contributed by atoms with E-state index in [4.69, 9.17) is 5.11 Å². The van der Waals surface area contributed by atoms with E-state index >= 15 is 0 Å². The van der Waals surface area contributed by atoms with Gasteiger partial charge in [-0.15, -0.1) is 0 Å². The van der Waals surface area contributed by atoms with Crippen molar-refractivity contribution in [1.29, 1.82) is 0 Å². The number of nitrogens with zero attached hydrogens (tertiary/aromatic N) is 3. The van der Waals surface area contributed by atoms with Gasteiger partial charge in [0.1, 0.15) is 0 Å². The highest BCUT2D eigenvalue weighted by Crippen LogP contribution is 2.22. The summed E-state index contributed by atoms with van der Waals surface area (Å²) in [6.45, 7) is 1.79. The molecule has 88 valence electrons. The van der Waals surface area contributed by atoms with Crippen LogP contribution < -0.4 is 0 Å². The zero-order valence-corrected chi connectivity index (χ0v) is 9.46. The summed E-state index contributed by atoms with van der Waals surface area (Å²) in [4.78, 5) is 13.0. The molecule has 0 amide bonds. The van der Waals surface area contributed by atoms with Crippen molar-refractivity contribution in [2.45, 2.75) is 31.8 Å². The van der Waals surface area contributed by atoms with Crippen molar-refractivity contribution in [2.24, 2.45) is 7.05 Å². The number of aliphatic carboxylic acids is 1. The first-order valence-corrected chi connectivity index (χ1v) is 5.59. The number of likely N-dealkylation sites (tertiary alicyclic amines) is 1. The number of hydrogen-bond acceptors (Lipinski definition) is 3. The molecule has 5 heteroatoms. The summed E-state index contributed by atoms with van der Waals surface area (Å²) >= 11 is 0. The summed E-state index contributed by atoms with van der Waals surface area (Å²) in [6.07, 6.45) is 4.11. The van der Waals surface area contributed by atoms with Crippen LogP contribution in [0, 0.1) is 0 Å². The number of hydrogen-bond donors (Lipinski definition) is 1. The maximum Gasteiger partial charge on any atom is 0.304 e. The Bertz CT molecular complexity index is 375.